The highest BCUT2D eigenvalue weighted by atomic mass is 32.2. The first-order chi connectivity index (χ1) is 9.95. The van der Waals surface area contributed by atoms with Crippen molar-refractivity contribution in [2.45, 2.75) is 19.1 Å². The number of aryl methyl sites for hydroxylation is 1. The van der Waals surface area contributed by atoms with E-state index in [0.29, 0.717) is 24.7 Å². The minimum Gasteiger partial charge on any atom is -0.353 e. The Morgan fingerprint density at radius 2 is 1.90 bits per heavy atom. The molecule has 0 amide bonds. The Morgan fingerprint density at radius 3 is 2.48 bits per heavy atom. The van der Waals surface area contributed by atoms with Gasteiger partial charge in [0.1, 0.15) is 0 Å². The highest BCUT2D eigenvalue weighted by Crippen LogP contribution is 2.18. The average Bonchev–Trinajstić information content (AvgIpc) is 2.89. The van der Waals surface area contributed by atoms with Crippen LogP contribution in [0.15, 0.2) is 24.4 Å². The molecule has 0 saturated carbocycles. The molecule has 0 radical (unpaired) electrons. The molecule has 3 heterocycles. The number of hydrogen-bond acceptors (Lipinski definition) is 6. The van der Waals surface area contributed by atoms with Crippen molar-refractivity contribution in [2.24, 2.45) is 0 Å². The number of nitrogens with zero attached hydrogens (tertiary/aromatic N) is 5. The van der Waals surface area contributed by atoms with E-state index >= 15 is 0 Å². The molecule has 0 spiro atoms. The highest BCUT2D eigenvalue weighted by molar-refractivity contribution is 7.92. The molecule has 1 unspecified atom stereocenters. The summed E-state index contributed by atoms with van der Waals surface area (Å²) in [5.74, 6) is 1.50. The molecule has 7 nitrogen and oxygen atoms in total. The second-order valence-electron chi connectivity index (χ2n) is 5.28. The second kappa shape index (κ2) is 5.10. The number of aromatic nitrogens is 4. The van der Waals surface area contributed by atoms with Gasteiger partial charge in [0, 0.05) is 19.3 Å². The van der Waals surface area contributed by atoms with E-state index in [4.69, 9.17) is 0 Å². The van der Waals surface area contributed by atoms with Gasteiger partial charge in [-0.1, -0.05) is 0 Å². The van der Waals surface area contributed by atoms with Gasteiger partial charge in [0.25, 0.3) is 0 Å². The maximum atomic E-state index is 11.7. The van der Waals surface area contributed by atoms with Gasteiger partial charge in [-0.25, -0.2) is 13.1 Å². The number of sulfone groups is 1. The lowest BCUT2D eigenvalue weighted by Crippen LogP contribution is -2.45. The monoisotopic (exact) mass is 307 g/mol. The van der Waals surface area contributed by atoms with Crippen molar-refractivity contribution >= 4 is 15.7 Å². The SMILES string of the molecule is Cc1ccn(-c2ccc(N3CCS(=O)(=O)C(C)C3)nn2)n1. The fraction of sp³-hybridized carbons (Fsp3) is 0.462. The molecule has 0 aliphatic carbocycles. The normalized spacial score (nSPS) is 21.4. The van der Waals surface area contributed by atoms with Crippen LogP contribution in [0, 0.1) is 6.92 Å². The first-order valence-corrected chi connectivity index (χ1v) is 8.50. The molecule has 112 valence electrons. The average molecular weight is 307 g/mol. The molecule has 8 heteroatoms. The summed E-state index contributed by atoms with van der Waals surface area (Å²) in [7, 11) is -2.95. The van der Waals surface area contributed by atoms with Gasteiger partial charge < -0.3 is 4.90 Å². The van der Waals surface area contributed by atoms with E-state index in [1.165, 1.54) is 0 Å². The van der Waals surface area contributed by atoms with Crippen LogP contribution >= 0.6 is 0 Å². The first-order valence-electron chi connectivity index (χ1n) is 6.78. The zero-order valence-corrected chi connectivity index (χ0v) is 12.8. The summed E-state index contributed by atoms with van der Waals surface area (Å²) < 4.78 is 25.1. The van der Waals surface area contributed by atoms with E-state index in [1.807, 2.05) is 36.2 Å². The lowest BCUT2D eigenvalue weighted by molar-refractivity contribution is 0.568. The van der Waals surface area contributed by atoms with Gasteiger partial charge in [-0.3, -0.25) is 0 Å². The molecular weight excluding hydrogens is 290 g/mol. The van der Waals surface area contributed by atoms with Crippen LogP contribution in [-0.4, -0.2) is 52.5 Å². The van der Waals surface area contributed by atoms with E-state index in [2.05, 4.69) is 15.3 Å². The lowest BCUT2D eigenvalue weighted by atomic mass is 10.3. The fourth-order valence-electron chi connectivity index (χ4n) is 2.31. The van der Waals surface area contributed by atoms with Crippen LogP contribution in [0.1, 0.15) is 12.6 Å². The summed E-state index contributed by atoms with van der Waals surface area (Å²) in [6.07, 6.45) is 1.83. The predicted octanol–water partition coefficient (Wildman–Crippen LogP) is 0.594. The Hall–Kier alpha value is -1.96. The van der Waals surface area contributed by atoms with Crippen molar-refractivity contribution in [1.29, 1.82) is 0 Å². The van der Waals surface area contributed by atoms with Crippen molar-refractivity contribution in [3.63, 3.8) is 0 Å². The van der Waals surface area contributed by atoms with E-state index in [0.717, 1.165) is 5.69 Å². The van der Waals surface area contributed by atoms with Crippen molar-refractivity contribution in [3.05, 3.63) is 30.1 Å². The molecule has 1 aliphatic heterocycles. The Balaban J connectivity index is 1.79. The maximum absolute atomic E-state index is 11.7. The molecule has 1 atom stereocenters. The summed E-state index contributed by atoms with van der Waals surface area (Å²) in [4.78, 5) is 1.96. The van der Waals surface area contributed by atoms with Crippen LogP contribution < -0.4 is 4.90 Å². The van der Waals surface area contributed by atoms with Gasteiger partial charge in [0.05, 0.1) is 16.7 Å². The van der Waals surface area contributed by atoms with Crippen molar-refractivity contribution in [1.82, 2.24) is 20.0 Å². The summed E-state index contributed by atoms with van der Waals surface area (Å²) in [5.41, 5.74) is 0.913. The molecule has 2 aromatic rings. The topological polar surface area (TPSA) is 81.0 Å². The predicted molar refractivity (Wildman–Crippen MR) is 79.4 cm³/mol. The van der Waals surface area contributed by atoms with E-state index in [-0.39, 0.29) is 11.0 Å². The van der Waals surface area contributed by atoms with Crippen molar-refractivity contribution in [3.8, 4) is 5.82 Å². The quantitative estimate of drug-likeness (QED) is 0.808. The minimum absolute atomic E-state index is 0.163. The largest absolute Gasteiger partial charge is 0.353 e. The van der Waals surface area contributed by atoms with Crippen LogP contribution in [0.4, 0.5) is 5.82 Å². The van der Waals surface area contributed by atoms with Crippen LogP contribution in [-0.2, 0) is 9.84 Å². The molecule has 1 saturated heterocycles. The number of rotatable bonds is 2. The molecule has 0 bridgehead atoms. The first kappa shape index (κ1) is 14.0. The Bertz CT molecular complexity index is 738. The molecule has 0 aromatic carbocycles. The number of anilines is 1. The zero-order chi connectivity index (χ0) is 15.0. The van der Waals surface area contributed by atoms with Crippen molar-refractivity contribution in [2.75, 3.05) is 23.7 Å². The van der Waals surface area contributed by atoms with Gasteiger partial charge in [0.15, 0.2) is 21.5 Å². The van der Waals surface area contributed by atoms with Crippen molar-refractivity contribution < 1.29 is 8.42 Å². The van der Waals surface area contributed by atoms with Gasteiger partial charge >= 0.3 is 0 Å². The van der Waals surface area contributed by atoms with Crippen LogP contribution in [0.2, 0.25) is 0 Å². The third kappa shape index (κ3) is 2.76. The summed E-state index contributed by atoms with van der Waals surface area (Å²) >= 11 is 0. The van der Waals surface area contributed by atoms with Gasteiger partial charge in [-0.05, 0) is 32.0 Å². The van der Waals surface area contributed by atoms with E-state index in [9.17, 15) is 8.42 Å². The summed E-state index contributed by atoms with van der Waals surface area (Å²) in [5, 5.41) is 12.3. The smallest absolute Gasteiger partial charge is 0.175 e. The lowest BCUT2D eigenvalue weighted by Gasteiger charge is -2.31. The van der Waals surface area contributed by atoms with Gasteiger partial charge in [-0.15, -0.1) is 10.2 Å². The molecule has 1 aliphatic rings. The molecule has 3 rings (SSSR count). The summed E-state index contributed by atoms with van der Waals surface area (Å²) in [6.45, 7) is 4.56. The van der Waals surface area contributed by atoms with Crippen LogP contribution in [0.25, 0.3) is 5.82 Å². The standard InChI is InChI=1S/C13H17N5O2S/c1-10-5-6-18(16-10)13-4-3-12(14-15-13)17-7-8-21(19,20)11(2)9-17/h3-6,11H,7-9H2,1-2H3. The fourth-order valence-corrected chi connectivity index (χ4v) is 3.60. The summed E-state index contributed by atoms with van der Waals surface area (Å²) in [6, 6.07) is 5.58. The van der Waals surface area contributed by atoms with E-state index < -0.39 is 9.84 Å². The third-order valence-electron chi connectivity index (χ3n) is 3.65. The second-order valence-corrected chi connectivity index (χ2v) is 7.81. The third-order valence-corrected chi connectivity index (χ3v) is 5.78. The van der Waals surface area contributed by atoms with Crippen LogP contribution in [0.5, 0.6) is 0 Å². The molecule has 21 heavy (non-hydrogen) atoms. The Morgan fingerprint density at radius 1 is 1.19 bits per heavy atom. The Labute approximate surface area is 123 Å². The highest BCUT2D eigenvalue weighted by Gasteiger charge is 2.30. The van der Waals surface area contributed by atoms with E-state index in [1.54, 1.807) is 11.6 Å². The molecule has 2 aromatic heterocycles. The minimum atomic E-state index is -2.95. The Kier molecular flexibility index (Phi) is 3.40. The van der Waals surface area contributed by atoms with Crippen LogP contribution in [0.3, 0.4) is 0 Å². The maximum Gasteiger partial charge on any atom is 0.175 e. The number of hydrogen-bond donors (Lipinski definition) is 0. The van der Waals surface area contributed by atoms with Gasteiger partial charge in [-0.2, -0.15) is 5.10 Å². The zero-order valence-electron chi connectivity index (χ0n) is 12.0. The molecular formula is C13H17N5O2S. The molecule has 0 N–H and O–H groups in total. The molecule has 1 fully saturated rings. The van der Waals surface area contributed by atoms with Gasteiger partial charge in [0.2, 0.25) is 0 Å².